The van der Waals surface area contributed by atoms with Crippen molar-refractivity contribution in [1.29, 1.82) is 0 Å². The molecule has 0 atom stereocenters. The highest BCUT2D eigenvalue weighted by Crippen LogP contribution is 2.40. The van der Waals surface area contributed by atoms with Crippen molar-refractivity contribution in [3.63, 3.8) is 0 Å². The highest BCUT2D eigenvalue weighted by molar-refractivity contribution is 7.00. The van der Waals surface area contributed by atoms with E-state index in [4.69, 9.17) is 9.16 Å². The number of rotatable bonds is 6. The normalized spacial score (nSPS) is 11.6. The van der Waals surface area contributed by atoms with Crippen molar-refractivity contribution in [1.82, 2.24) is 0 Å². The highest BCUT2D eigenvalue weighted by atomic mass is 28.4. The number of esters is 1. The third-order valence-electron chi connectivity index (χ3n) is 5.07. The molecule has 0 radical (unpaired) electrons. The number of nitro benzene ring substituents is 1. The van der Waals surface area contributed by atoms with Crippen LogP contribution in [-0.2, 0) is 4.79 Å². The minimum absolute atomic E-state index is 0.106. The molecule has 0 aliphatic rings. The van der Waals surface area contributed by atoms with E-state index in [-0.39, 0.29) is 22.2 Å². The Balaban J connectivity index is 2.25. The third kappa shape index (κ3) is 4.51. The topological polar surface area (TPSA) is 78.7 Å². The molecule has 160 valence electrons. The fourth-order valence-corrected chi connectivity index (χ4v) is 8.20. The second-order valence-electron chi connectivity index (χ2n) is 8.25. The summed E-state index contributed by atoms with van der Waals surface area (Å²) in [5.41, 5.74) is -0.244. The van der Waals surface area contributed by atoms with Gasteiger partial charge in [-0.2, -0.15) is 0 Å². The molecule has 0 spiro atoms. The van der Waals surface area contributed by atoms with E-state index >= 15 is 0 Å². The molecule has 0 heterocycles. The van der Waals surface area contributed by atoms with Crippen LogP contribution in [0.2, 0.25) is 5.04 Å². The first kappa shape index (κ1) is 22.2. The van der Waals surface area contributed by atoms with Gasteiger partial charge in [-0.15, -0.1) is 0 Å². The van der Waals surface area contributed by atoms with Gasteiger partial charge < -0.3 is 9.16 Å². The average Bonchev–Trinajstić information content (AvgIpc) is 2.72. The smallest absolute Gasteiger partial charge is 0.320 e. The zero-order valence-corrected chi connectivity index (χ0v) is 19.0. The second-order valence-corrected chi connectivity index (χ2v) is 12.5. The maximum absolute atomic E-state index is 11.9. The standard InChI is InChI=1S/C24H25NO5Si/c1-18(26)29-19-15-16-23(22(17-19)25(27)28)30-31(24(2,3)4,20-11-7-5-8-12-20)21-13-9-6-10-14-21/h5-17H,1-4H3. The van der Waals surface area contributed by atoms with Crippen molar-refractivity contribution in [3.05, 3.63) is 89.0 Å². The number of nitrogens with zero attached hydrogens (tertiary/aromatic N) is 1. The molecule has 0 bridgehead atoms. The molecule has 0 unspecified atom stereocenters. The van der Waals surface area contributed by atoms with E-state index in [1.54, 1.807) is 0 Å². The molecule has 3 aromatic carbocycles. The summed E-state index contributed by atoms with van der Waals surface area (Å²) < 4.78 is 11.8. The summed E-state index contributed by atoms with van der Waals surface area (Å²) in [5, 5.41) is 13.5. The maximum Gasteiger partial charge on any atom is 0.320 e. The second kappa shape index (κ2) is 8.73. The SMILES string of the molecule is CC(=O)Oc1ccc(O[Si](c2ccccc2)(c2ccccc2)C(C)(C)C)c([N+](=O)[O-])c1. The van der Waals surface area contributed by atoms with Gasteiger partial charge >= 0.3 is 20.0 Å². The van der Waals surface area contributed by atoms with E-state index in [1.807, 2.05) is 60.7 Å². The molecule has 0 aliphatic heterocycles. The Morgan fingerprint density at radius 3 is 1.84 bits per heavy atom. The lowest BCUT2D eigenvalue weighted by Gasteiger charge is -2.42. The molecular weight excluding hydrogens is 410 g/mol. The zero-order chi connectivity index (χ0) is 22.6. The Kier molecular flexibility index (Phi) is 6.26. The van der Waals surface area contributed by atoms with E-state index < -0.39 is 19.2 Å². The lowest BCUT2D eigenvalue weighted by Crippen LogP contribution is -2.68. The summed E-state index contributed by atoms with van der Waals surface area (Å²) >= 11 is 0. The first-order valence-electron chi connectivity index (χ1n) is 9.92. The van der Waals surface area contributed by atoms with Gasteiger partial charge in [0.1, 0.15) is 5.75 Å². The van der Waals surface area contributed by atoms with Gasteiger partial charge in [-0.25, -0.2) is 0 Å². The molecule has 31 heavy (non-hydrogen) atoms. The van der Waals surface area contributed by atoms with Crippen molar-refractivity contribution in [2.45, 2.75) is 32.7 Å². The predicted octanol–water partition coefficient (Wildman–Crippen LogP) is 4.46. The number of hydrogen-bond donors (Lipinski definition) is 0. The van der Waals surface area contributed by atoms with Gasteiger partial charge in [0.25, 0.3) is 0 Å². The van der Waals surface area contributed by atoms with Crippen LogP contribution in [0.4, 0.5) is 5.69 Å². The van der Waals surface area contributed by atoms with Crippen molar-refractivity contribution < 1.29 is 18.9 Å². The first-order valence-corrected chi connectivity index (χ1v) is 11.8. The third-order valence-corrected chi connectivity index (χ3v) is 10.00. The van der Waals surface area contributed by atoms with Gasteiger partial charge in [0, 0.05) is 6.92 Å². The molecule has 3 aromatic rings. The minimum Gasteiger partial charge on any atom is -0.529 e. The zero-order valence-electron chi connectivity index (χ0n) is 18.0. The van der Waals surface area contributed by atoms with E-state index in [9.17, 15) is 14.9 Å². The van der Waals surface area contributed by atoms with E-state index in [2.05, 4.69) is 20.8 Å². The Bertz CT molecular complexity index is 1040. The predicted molar refractivity (Wildman–Crippen MR) is 123 cm³/mol. The van der Waals surface area contributed by atoms with Crippen LogP contribution in [0.3, 0.4) is 0 Å². The van der Waals surface area contributed by atoms with E-state index in [0.717, 1.165) is 10.4 Å². The van der Waals surface area contributed by atoms with Crippen LogP contribution in [0.5, 0.6) is 11.5 Å². The highest BCUT2D eigenvalue weighted by Gasteiger charge is 2.52. The maximum atomic E-state index is 11.9. The number of hydrogen-bond acceptors (Lipinski definition) is 5. The number of nitro groups is 1. The van der Waals surface area contributed by atoms with Crippen molar-refractivity contribution >= 4 is 30.3 Å². The first-order chi connectivity index (χ1) is 14.6. The van der Waals surface area contributed by atoms with Crippen LogP contribution < -0.4 is 19.5 Å². The van der Waals surface area contributed by atoms with Crippen LogP contribution in [-0.4, -0.2) is 19.2 Å². The molecule has 0 N–H and O–H groups in total. The lowest BCUT2D eigenvalue weighted by atomic mass is 10.2. The Morgan fingerprint density at radius 1 is 0.903 bits per heavy atom. The molecule has 0 saturated carbocycles. The lowest BCUT2D eigenvalue weighted by molar-refractivity contribution is -0.385. The quantitative estimate of drug-likeness (QED) is 0.188. The molecule has 7 heteroatoms. The van der Waals surface area contributed by atoms with E-state index in [0.29, 0.717) is 0 Å². The largest absolute Gasteiger partial charge is 0.529 e. The van der Waals surface area contributed by atoms with Crippen LogP contribution in [0.15, 0.2) is 78.9 Å². The molecule has 0 saturated heterocycles. The Morgan fingerprint density at radius 2 is 1.42 bits per heavy atom. The summed E-state index contributed by atoms with van der Waals surface area (Å²) in [5.74, 6) is -0.292. The van der Waals surface area contributed by atoms with Crippen LogP contribution in [0.25, 0.3) is 0 Å². The van der Waals surface area contributed by atoms with Gasteiger partial charge in [-0.3, -0.25) is 14.9 Å². The summed E-state index contributed by atoms with van der Waals surface area (Å²) in [6.07, 6.45) is 0. The summed E-state index contributed by atoms with van der Waals surface area (Å²) in [6, 6.07) is 24.0. The molecular formula is C24H25NO5Si. The number of ether oxygens (including phenoxy) is 1. The molecule has 6 nitrogen and oxygen atoms in total. The fraction of sp³-hybridized carbons (Fsp3) is 0.208. The monoisotopic (exact) mass is 435 g/mol. The number of carbonyl (C=O) groups excluding carboxylic acids is 1. The fourth-order valence-electron chi connectivity index (χ4n) is 3.77. The van der Waals surface area contributed by atoms with Crippen LogP contribution >= 0.6 is 0 Å². The molecule has 0 aliphatic carbocycles. The average molecular weight is 436 g/mol. The summed E-state index contributed by atoms with van der Waals surface area (Å²) in [7, 11) is -3.03. The van der Waals surface area contributed by atoms with Crippen LogP contribution in [0.1, 0.15) is 27.7 Å². The minimum atomic E-state index is -3.03. The molecule has 0 aromatic heterocycles. The van der Waals surface area contributed by atoms with Crippen molar-refractivity contribution in [3.8, 4) is 11.5 Å². The van der Waals surface area contributed by atoms with Gasteiger partial charge in [-0.1, -0.05) is 81.4 Å². The molecule has 0 amide bonds. The van der Waals surface area contributed by atoms with Gasteiger partial charge in [0.2, 0.25) is 0 Å². The summed E-state index contributed by atoms with van der Waals surface area (Å²) in [6.45, 7) is 7.54. The summed E-state index contributed by atoms with van der Waals surface area (Å²) in [4.78, 5) is 22.6. The number of carbonyl (C=O) groups is 1. The van der Waals surface area contributed by atoms with Gasteiger partial charge in [0.15, 0.2) is 5.75 Å². The van der Waals surface area contributed by atoms with E-state index in [1.165, 1.54) is 25.1 Å². The van der Waals surface area contributed by atoms with Crippen molar-refractivity contribution in [2.75, 3.05) is 0 Å². The molecule has 0 fully saturated rings. The van der Waals surface area contributed by atoms with Gasteiger partial charge in [0.05, 0.1) is 11.0 Å². The molecule has 3 rings (SSSR count). The van der Waals surface area contributed by atoms with Crippen molar-refractivity contribution in [2.24, 2.45) is 0 Å². The van der Waals surface area contributed by atoms with Crippen LogP contribution in [0, 0.1) is 10.1 Å². The van der Waals surface area contributed by atoms with Gasteiger partial charge in [-0.05, 0) is 27.5 Å². The number of benzene rings is 3. The Hall–Kier alpha value is -3.45. The Labute approximate surface area is 182 Å².